The van der Waals surface area contributed by atoms with Gasteiger partial charge in [-0.05, 0) is 12.8 Å². The highest BCUT2D eigenvalue weighted by atomic mass is 32.2. The average molecular weight is 201 g/mol. The summed E-state index contributed by atoms with van der Waals surface area (Å²) in [6.07, 6.45) is 1.90. The van der Waals surface area contributed by atoms with Crippen molar-refractivity contribution in [2.45, 2.75) is 31.9 Å². The van der Waals surface area contributed by atoms with E-state index in [1.165, 1.54) is 11.8 Å². The first kappa shape index (κ1) is 10.6. The minimum absolute atomic E-state index is 0.145. The zero-order valence-electron chi connectivity index (χ0n) is 8.08. The molecule has 0 bridgehead atoms. The molecule has 0 spiro atoms. The Hall–Kier alpha value is -0.510. The first-order chi connectivity index (χ1) is 6.09. The fourth-order valence-electron chi connectivity index (χ4n) is 1.52. The third-order valence-electron chi connectivity index (χ3n) is 2.22. The number of carbonyl (C=O) groups excluding carboxylic acids is 2. The van der Waals surface area contributed by atoms with E-state index in [1.54, 1.807) is 13.8 Å². The van der Waals surface area contributed by atoms with Crippen LogP contribution in [-0.2, 0) is 9.59 Å². The van der Waals surface area contributed by atoms with Crippen LogP contribution >= 0.6 is 11.8 Å². The monoisotopic (exact) mass is 201 g/mol. The number of likely N-dealkylation sites (tertiary alicyclic amines) is 1. The van der Waals surface area contributed by atoms with E-state index in [0.29, 0.717) is 5.25 Å². The highest BCUT2D eigenvalue weighted by Gasteiger charge is 2.21. The van der Waals surface area contributed by atoms with Crippen LogP contribution in [0.4, 0.5) is 0 Å². The summed E-state index contributed by atoms with van der Waals surface area (Å²) in [7, 11) is 0. The molecule has 0 unspecified atom stereocenters. The molecule has 13 heavy (non-hydrogen) atoms. The number of hydrogen-bond donors (Lipinski definition) is 0. The third kappa shape index (κ3) is 3.38. The molecule has 3 nitrogen and oxygen atoms in total. The molecular formula is C9H15NO2S. The van der Waals surface area contributed by atoms with Gasteiger partial charge in [0, 0.05) is 32.2 Å². The molecule has 0 aromatic carbocycles. The molecule has 1 heterocycles. The maximum atomic E-state index is 11.0. The van der Waals surface area contributed by atoms with E-state index in [2.05, 4.69) is 0 Å². The smallest absolute Gasteiger partial charge is 0.219 e. The average Bonchev–Trinajstić information content (AvgIpc) is 2.04. The van der Waals surface area contributed by atoms with Crippen LogP contribution in [0.5, 0.6) is 0 Å². The largest absolute Gasteiger partial charge is 0.343 e. The maximum Gasteiger partial charge on any atom is 0.219 e. The Labute approximate surface area is 82.9 Å². The molecule has 0 aromatic heterocycles. The molecule has 0 radical (unpaired) electrons. The zero-order chi connectivity index (χ0) is 9.84. The molecule has 1 saturated heterocycles. The van der Waals surface area contributed by atoms with E-state index in [9.17, 15) is 9.59 Å². The van der Waals surface area contributed by atoms with Crippen LogP contribution in [0.3, 0.4) is 0 Å². The van der Waals surface area contributed by atoms with Crippen LogP contribution in [-0.4, -0.2) is 34.3 Å². The van der Waals surface area contributed by atoms with Gasteiger partial charge in [-0.15, -0.1) is 0 Å². The molecule has 1 amide bonds. The fraction of sp³-hybridized carbons (Fsp3) is 0.778. The van der Waals surface area contributed by atoms with Gasteiger partial charge in [0.2, 0.25) is 5.91 Å². The Kier molecular flexibility index (Phi) is 3.78. The summed E-state index contributed by atoms with van der Waals surface area (Å²) in [6, 6.07) is 0. The molecule has 1 aliphatic rings. The molecule has 0 saturated carbocycles. The lowest BCUT2D eigenvalue weighted by molar-refractivity contribution is -0.129. The van der Waals surface area contributed by atoms with Crippen LogP contribution in [0.1, 0.15) is 26.7 Å². The number of thioether (sulfide) groups is 1. The van der Waals surface area contributed by atoms with Gasteiger partial charge in [-0.3, -0.25) is 9.59 Å². The minimum Gasteiger partial charge on any atom is -0.343 e. The predicted molar refractivity (Wildman–Crippen MR) is 53.5 cm³/mol. The first-order valence-corrected chi connectivity index (χ1v) is 5.40. The summed E-state index contributed by atoms with van der Waals surface area (Å²) < 4.78 is 0. The summed E-state index contributed by atoms with van der Waals surface area (Å²) >= 11 is 1.41. The van der Waals surface area contributed by atoms with Crippen molar-refractivity contribution in [3.8, 4) is 0 Å². The quantitative estimate of drug-likeness (QED) is 0.641. The van der Waals surface area contributed by atoms with Crippen LogP contribution < -0.4 is 0 Å². The number of piperidine rings is 1. The number of rotatable bonds is 1. The lowest BCUT2D eigenvalue weighted by Gasteiger charge is -2.30. The maximum absolute atomic E-state index is 11.0. The summed E-state index contributed by atoms with van der Waals surface area (Å²) in [5.74, 6) is 0.145. The van der Waals surface area contributed by atoms with Gasteiger partial charge in [-0.1, -0.05) is 11.8 Å². The van der Waals surface area contributed by atoms with Crippen molar-refractivity contribution in [1.82, 2.24) is 4.90 Å². The second-order valence-corrected chi connectivity index (χ2v) is 4.79. The van der Waals surface area contributed by atoms with Crippen molar-refractivity contribution in [2.75, 3.05) is 13.1 Å². The van der Waals surface area contributed by atoms with E-state index in [-0.39, 0.29) is 11.0 Å². The second-order valence-electron chi connectivity index (χ2n) is 3.31. The van der Waals surface area contributed by atoms with E-state index >= 15 is 0 Å². The number of amides is 1. The van der Waals surface area contributed by atoms with Crippen LogP contribution in [0, 0.1) is 0 Å². The van der Waals surface area contributed by atoms with Gasteiger partial charge in [0.1, 0.15) is 0 Å². The molecule has 1 aliphatic heterocycles. The van der Waals surface area contributed by atoms with Crippen molar-refractivity contribution in [1.29, 1.82) is 0 Å². The van der Waals surface area contributed by atoms with Crippen LogP contribution in [0.25, 0.3) is 0 Å². The zero-order valence-corrected chi connectivity index (χ0v) is 8.89. The Morgan fingerprint density at radius 1 is 1.23 bits per heavy atom. The molecule has 0 atom stereocenters. The lowest BCUT2D eigenvalue weighted by atomic mass is 10.1. The highest BCUT2D eigenvalue weighted by molar-refractivity contribution is 8.14. The van der Waals surface area contributed by atoms with Crippen molar-refractivity contribution < 1.29 is 9.59 Å². The molecule has 0 aromatic rings. The Bertz CT molecular complexity index is 210. The number of carbonyl (C=O) groups is 2. The lowest BCUT2D eigenvalue weighted by Crippen LogP contribution is -2.38. The van der Waals surface area contributed by atoms with Gasteiger partial charge in [-0.2, -0.15) is 0 Å². The minimum atomic E-state index is 0.145. The number of hydrogen-bond acceptors (Lipinski definition) is 3. The van der Waals surface area contributed by atoms with Crippen molar-refractivity contribution >= 4 is 22.8 Å². The van der Waals surface area contributed by atoms with Gasteiger partial charge >= 0.3 is 0 Å². The summed E-state index contributed by atoms with van der Waals surface area (Å²) in [6.45, 7) is 4.81. The topological polar surface area (TPSA) is 37.4 Å². The standard InChI is InChI=1S/C9H15NO2S/c1-7(11)10-5-3-9(4-6-10)13-8(2)12/h9H,3-6H2,1-2H3. The SMILES string of the molecule is CC(=O)SC1CCN(C(C)=O)CC1. The summed E-state index contributed by atoms with van der Waals surface area (Å²) in [5, 5.41) is 0.606. The Morgan fingerprint density at radius 2 is 1.77 bits per heavy atom. The molecule has 74 valence electrons. The van der Waals surface area contributed by atoms with Crippen LogP contribution in [0.2, 0.25) is 0 Å². The van der Waals surface area contributed by atoms with Gasteiger partial charge in [0.05, 0.1) is 0 Å². The molecule has 0 N–H and O–H groups in total. The summed E-state index contributed by atoms with van der Waals surface area (Å²) in [5.41, 5.74) is 0. The van der Waals surface area contributed by atoms with Gasteiger partial charge < -0.3 is 4.90 Å². The number of nitrogens with zero attached hydrogens (tertiary/aromatic N) is 1. The van der Waals surface area contributed by atoms with Gasteiger partial charge in [0.15, 0.2) is 5.12 Å². The normalized spacial score (nSPS) is 18.8. The molecular weight excluding hydrogens is 186 g/mol. The van der Waals surface area contributed by atoms with E-state index in [1.807, 2.05) is 4.90 Å². The van der Waals surface area contributed by atoms with Crippen LogP contribution in [0.15, 0.2) is 0 Å². The molecule has 0 aliphatic carbocycles. The fourth-order valence-corrected chi connectivity index (χ4v) is 2.44. The molecule has 1 fully saturated rings. The first-order valence-electron chi connectivity index (χ1n) is 4.52. The van der Waals surface area contributed by atoms with Gasteiger partial charge in [-0.25, -0.2) is 0 Å². The van der Waals surface area contributed by atoms with Gasteiger partial charge in [0.25, 0.3) is 0 Å². The Balaban J connectivity index is 2.30. The second kappa shape index (κ2) is 4.65. The third-order valence-corrected chi connectivity index (χ3v) is 3.36. The molecule has 4 heteroatoms. The van der Waals surface area contributed by atoms with E-state index < -0.39 is 0 Å². The van der Waals surface area contributed by atoms with Crippen molar-refractivity contribution in [3.63, 3.8) is 0 Å². The van der Waals surface area contributed by atoms with Crippen molar-refractivity contribution in [2.24, 2.45) is 0 Å². The summed E-state index contributed by atoms with van der Waals surface area (Å²) in [4.78, 5) is 23.6. The predicted octanol–water partition coefficient (Wildman–Crippen LogP) is 1.28. The van der Waals surface area contributed by atoms with E-state index in [4.69, 9.17) is 0 Å². The Morgan fingerprint density at radius 3 is 2.15 bits per heavy atom. The van der Waals surface area contributed by atoms with Crippen molar-refractivity contribution in [3.05, 3.63) is 0 Å². The molecule has 1 rings (SSSR count). The highest BCUT2D eigenvalue weighted by Crippen LogP contribution is 2.23. The van der Waals surface area contributed by atoms with E-state index in [0.717, 1.165) is 25.9 Å².